The molecular weight excluding hydrogens is 360 g/mol. The van der Waals surface area contributed by atoms with Gasteiger partial charge in [-0.1, -0.05) is 48.5 Å². The highest BCUT2D eigenvalue weighted by atomic mass is 16.8. The number of fused-ring (bicyclic) bond motifs is 1. The molecule has 0 aliphatic carbocycles. The number of esters is 1. The zero-order chi connectivity index (χ0) is 19.6. The van der Waals surface area contributed by atoms with E-state index in [0.717, 1.165) is 5.56 Å². The van der Waals surface area contributed by atoms with Gasteiger partial charge in [0.15, 0.2) is 18.2 Å². The number of benzene rings is 2. The zero-order valence-corrected chi connectivity index (χ0v) is 15.9. The summed E-state index contributed by atoms with van der Waals surface area (Å²) in [7, 11) is 0. The topological polar surface area (TPSA) is 63.2 Å². The molecule has 2 aromatic carbocycles. The van der Waals surface area contributed by atoms with Crippen molar-refractivity contribution < 1.29 is 28.5 Å². The Bertz CT molecular complexity index is 791. The summed E-state index contributed by atoms with van der Waals surface area (Å²) in [4.78, 5) is 12.7. The van der Waals surface area contributed by atoms with Gasteiger partial charge in [0, 0.05) is 0 Å². The second kappa shape index (κ2) is 8.01. The molecule has 0 unspecified atom stereocenters. The molecule has 2 aromatic rings. The Kier molecular flexibility index (Phi) is 5.46. The fourth-order valence-corrected chi connectivity index (χ4v) is 3.49. The quantitative estimate of drug-likeness (QED) is 0.737. The van der Waals surface area contributed by atoms with Crippen molar-refractivity contribution in [3.8, 4) is 0 Å². The van der Waals surface area contributed by atoms with E-state index < -0.39 is 30.3 Å². The number of rotatable bonds is 5. The minimum Gasteiger partial charge on any atom is -0.450 e. The highest BCUT2D eigenvalue weighted by Crippen LogP contribution is 2.36. The minimum absolute atomic E-state index is 0.312. The Morgan fingerprint density at radius 2 is 1.71 bits per heavy atom. The van der Waals surface area contributed by atoms with E-state index in [0.29, 0.717) is 18.8 Å². The van der Waals surface area contributed by atoms with Crippen LogP contribution in [0.15, 0.2) is 60.7 Å². The van der Waals surface area contributed by atoms with Crippen molar-refractivity contribution in [2.45, 2.75) is 50.8 Å². The Balaban J connectivity index is 1.51. The van der Waals surface area contributed by atoms with Gasteiger partial charge in [-0.05, 0) is 31.5 Å². The summed E-state index contributed by atoms with van der Waals surface area (Å²) < 4.78 is 29.5. The molecule has 4 atom stereocenters. The summed E-state index contributed by atoms with van der Waals surface area (Å²) in [6, 6.07) is 18.6. The number of hydrogen-bond donors (Lipinski definition) is 0. The van der Waals surface area contributed by atoms with Gasteiger partial charge in [0.05, 0.1) is 18.8 Å². The molecule has 2 aliphatic rings. The standard InChI is InChI=1S/C22H24O6/c1-22(2)27-17-14-25-21(24-13-15-9-5-3-6-10-15)19(18(17)28-22)26-20(23)16-11-7-4-8-12-16/h3-12,17-19,21H,13-14H2,1-2H3/t17-,18-,19+,21-/m0/s1. The van der Waals surface area contributed by atoms with Crippen molar-refractivity contribution in [2.75, 3.05) is 6.61 Å². The molecule has 0 bridgehead atoms. The van der Waals surface area contributed by atoms with Gasteiger partial charge >= 0.3 is 5.97 Å². The smallest absolute Gasteiger partial charge is 0.338 e. The molecule has 4 rings (SSSR count). The highest BCUT2D eigenvalue weighted by Gasteiger charge is 2.53. The maximum atomic E-state index is 12.7. The van der Waals surface area contributed by atoms with Gasteiger partial charge in [-0.2, -0.15) is 0 Å². The van der Waals surface area contributed by atoms with E-state index in [1.165, 1.54) is 0 Å². The number of hydrogen-bond acceptors (Lipinski definition) is 6. The fourth-order valence-electron chi connectivity index (χ4n) is 3.49. The lowest BCUT2D eigenvalue weighted by Crippen LogP contribution is -2.54. The van der Waals surface area contributed by atoms with Gasteiger partial charge in [0.2, 0.25) is 0 Å². The van der Waals surface area contributed by atoms with Gasteiger partial charge in [0.25, 0.3) is 0 Å². The van der Waals surface area contributed by atoms with E-state index >= 15 is 0 Å². The average molecular weight is 384 g/mol. The van der Waals surface area contributed by atoms with Crippen LogP contribution in [0.5, 0.6) is 0 Å². The van der Waals surface area contributed by atoms with Gasteiger partial charge in [-0.15, -0.1) is 0 Å². The first-order valence-electron chi connectivity index (χ1n) is 9.41. The predicted molar refractivity (Wildman–Crippen MR) is 100 cm³/mol. The van der Waals surface area contributed by atoms with Crippen molar-refractivity contribution in [3.05, 3.63) is 71.8 Å². The molecule has 0 saturated carbocycles. The number of carbonyl (C=O) groups excluding carboxylic acids is 1. The van der Waals surface area contributed by atoms with E-state index in [1.54, 1.807) is 24.3 Å². The molecule has 2 fully saturated rings. The molecule has 0 amide bonds. The lowest BCUT2D eigenvalue weighted by Gasteiger charge is -2.36. The normalized spacial score (nSPS) is 28.5. The molecule has 0 spiro atoms. The Morgan fingerprint density at radius 1 is 1.04 bits per heavy atom. The molecule has 6 nitrogen and oxygen atoms in total. The van der Waals surface area contributed by atoms with Crippen molar-refractivity contribution >= 4 is 5.97 Å². The first-order valence-corrected chi connectivity index (χ1v) is 9.41. The van der Waals surface area contributed by atoms with E-state index in [-0.39, 0.29) is 6.10 Å². The Labute approximate surface area is 164 Å². The van der Waals surface area contributed by atoms with Crippen molar-refractivity contribution in [1.29, 1.82) is 0 Å². The summed E-state index contributed by atoms with van der Waals surface area (Å²) >= 11 is 0. The summed E-state index contributed by atoms with van der Waals surface area (Å²) in [5, 5.41) is 0. The van der Waals surface area contributed by atoms with E-state index in [4.69, 9.17) is 23.7 Å². The molecule has 0 aromatic heterocycles. The van der Waals surface area contributed by atoms with E-state index in [9.17, 15) is 4.79 Å². The molecule has 2 saturated heterocycles. The highest BCUT2D eigenvalue weighted by molar-refractivity contribution is 5.89. The molecular formula is C22H24O6. The lowest BCUT2D eigenvalue weighted by molar-refractivity contribution is -0.255. The van der Waals surface area contributed by atoms with Crippen molar-refractivity contribution in [1.82, 2.24) is 0 Å². The third-order valence-corrected chi connectivity index (χ3v) is 4.75. The van der Waals surface area contributed by atoms with Gasteiger partial charge < -0.3 is 23.7 Å². The van der Waals surface area contributed by atoms with Crippen LogP contribution in [-0.4, -0.2) is 43.0 Å². The first kappa shape index (κ1) is 19.1. The van der Waals surface area contributed by atoms with Crippen LogP contribution in [0.4, 0.5) is 0 Å². The van der Waals surface area contributed by atoms with Crippen LogP contribution in [0.1, 0.15) is 29.8 Å². The molecule has 0 N–H and O–H groups in total. The molecule has 6 heteroatoms. The summed E-state index contributed by atoms with van der Waals surface area (Å²) in [6.07, 6.45) is -2.26. The van der Waals surface area contributed by atoms with Crippen LogP contribution in [0, 0.1) is 0 Å². The molecule has 2 aliphatic heterocycles. The third-order valence-electron chi connectivity index (χ3n) is 4.75. The molecule has 0 radical (unpaired) electrons. The Hall–Kier alpha value is -2.25. The Morgan fingerprint density at radius 3 is 2.43 bits per heavy atom. The van der Waals surface area contributed by atoms with Crippen LogP contribution >= 0.6 is 0 Å². The SMILES string of the molecule is CC1(C)O[C@@H]2[C@@H](OC(=O)c3ccccc3)[C@@H](OCc3ccccc3)OC[C@@H]2O1. The predicted octanol–water partition coefficient (Wildman–Crippen LogP) is 3.31. The largest absolute Gasteiger partial charge is 0.450 e. The number of carbonyl (C=O) groups is 1. The van der Waals surface area contributed by atoms with Crippen LogP contribution in [0.25, 0.3) is 0 Å². The zero-order valence-electron chi connectivity index (χ0n) is 15.9. The minimum atomic E-state index is -0.773. The van der Waals surface area contributed by atoms with E-state index in [2.05, 4.69) is 0 Å². The fraction of sp³-hybridized carbons (Fsp3) is 0.409. The van der Waals surface area contributed by atoms with Crippen LogP contribution in [0.2, 0.25) is 0 Å². The summed E-state index contributed by atoms with van der Waals surface area (Å²) in [6.45, 7) is 4.32. The van der Waals surface area contributed by atoms with Gasteiger partial charge in [-0.3, -0.25) is 0 Å². The van der Waals surface area contributed by atoms with Crippen LogP contribution in [-0.2, 0) is 30.3 Å². The molecule has 28 heavy (non-hydrogen) atoms. The van der Waals surface area contributed by atoms with Crippen LogP contribution in [0.3, 0.4) is 0 Å². The molecule has 148 valence electrons. The van der Waals surface area contributed by atoms with Crippen molar-refractivity contribution in [3.63, 3.8) is 0 Å². The average Bonchev–Trinajstić information content (AvgIpc) is 3.03. The molecule has 2 heterocycles. The number of ether oxygens (including phenoxy) is 5. The van der Waals surface area contributed by atoms with Gasteiger partial charge in [0.1, 0.15) is 12.2 Å². The second-order valence-corrected chi connectivity index (χ2v) is 7.37. The summed E-state index contributed by atoms with van der Waals surface area (Å²) in [5.41, 5.74) is 1.47. The van der Waals surface area contributed by atoms with E-state index in [1.807, 2.05) is 50.2 Å². The first-order chi connectivity index (χ1) is 13.5. The second-order valence-electron chi connectivity index (χ2n) is 7.37. The lowest BCUT2D eigenvalue weighted by atomic mass is 10.0. The third kappa shape index (κ3) is 4.25. The maximum Gasteiger partial charge on any atom is 0.338 e. The van der Waals surface area contributed by atoms with Crippen LogP contribution < -0.4 is 0 Å². The maximum absolute atomic E-state index is 12.7. The monoisotopic (exact) mass is 384 g/mol. The van der Waals surface area contributed by atoms with Gasteiger partial charge in [-0.25, -0.2) is 4.79 Å². The summed E-state index contributed by atoms with van der Waals surface area (Å²) in [5.74, 6) is -1.22. The van der Waals surface area contributed by atoms with Crippen molar-refractivity contribution in [2.24, 2.45) is 0 Å².